The molecule has 0 saturated carbocycles. The van der Waals surface area contributed by atoms with Gasteiger partial charge in [-0.25, -0.2) is 0 Å². The highest BCUT2D eigenvalue weighted by molar-refractivity contribution is 6.06. The number of nitrogens with zero attached hydrogens (tertiary/aromatic N) is 2. The van der Waals surface area contributed by atoms with E-state index in [1.54, 1.807) is 0 Å². The van der Waals surface area contributed by atoms with Crippen molar-refractivity contribution in [2.75, 3.05) is 14.2 Å². The number of aliphatic imine (C=N–C) groups is 2. The first-order valence-electron chi connectivity index (χ1n) is 14.8. The Bertz CT molecular complexity index is 1540. The van der Waals surface area contributed by atoms with Gasteiger partial charge in [-0.1, -0.05) is 0 Å². The third kappa shape index (κ3) is 6.58. The summed E-state index contributed by atoms with van der Waals surface area (Å²) in [6.07, 6.45) is 6.76. The van der Waals surface area contributed by atoms with Crippen molar-refractivity contribution >= 4 is 35.5 Å². The summed E-state index contributed by atoms with van der Waals surface area (Å²) >= 11 is 0. The van der Waals surface area contributed by atoms with Crippen molar-refractivity contribution in [1.82, 2.24) is 9.97 Å². The molecule has 8 heteroatoms. The van der Waals surface area contributed by atoms with Crippen LogP contribution in [0.3, 0.4) is 0 Å². The highest BCUT2D eigenvalue weighted by atomic mass is 16.5. The number of H-pyrrole nitrogens is 2. The predicted molar refractivity (Wildman–Crippen MR) is 173 cm³/mol. The zero-order chi connectivity index (χ0) is 31.6. The van der Waals surface area contributed by atoms with Gasteiger partial charge in [0, 0.05) is 53.5 Å². The molecule has 0 bridgehead atoms. The van der Waals surface area contributed by atoms with Crippen molar-refractivity contribution < 1.29 is 19.1 Å². The Labute approximate surface area is 254 Å². The Morgan fingerprint density at radius 3 is 1.33 bits per heavy atom. The van der Waals surface area contributed by atoms with Crippen LogP contribution >= 0.6 is 0 Å². The van der Waals surface area contributed by atoms with E-state index in [0.717, 1.165) is 74.3 Å². The van der Waals surface area contributed by atoms with E-state index in [1.165, 1.54) is 36.5 Å². The van der Waals surface area contributed by atoms with Crippen LogP contribution in [0.5, 0.6) is 0 Å². The molecule has 0 saturated heterocycles. The van der Waals surface area contributed by atoms with E-state index in [1.807, 2.05) is 0 Å². The lowest BCUT2D eigenvalue weighted by atomic mass is 10.0. The van der Waals surface area contributed by atoms with Crippen molar-refractivity contribution in [2.45, 2.75) is 87.5 Å². The second-order valence-electron chi connectivity index (χ2n) is 11.5. The molecule has 2 aliphatic heterocycles. The molecule has 2 aromatic rings. The number of ether oxygens (including phenoxy) is 2. The Balaban J connectivity index is 1.58. The van der Waals surface area contributed by atoms with Gasteiger partial charge in [-0.05, 0) is 112 Å². The highest BCUT2D eigenvalue weighted by Gasteiger charge is 2.22. The molecule has 0 radical (unpaired) electrons. The number of carbonyl (C=O) groups excluding carboxylic acids is 2. The fourth-order valence-corrected chi connectivity index (χ4v) is 5.51. The van der Waals surface area contributed by atoms with Gasteiger partial charge in [0.05, 0.1) is 38.5 Å². The van der Waals surface area contributed by atoms with E-state index in [0.29, 0.717) is 25.7 Å². The number of aromatic nitrogens is 2. The molecular formula is C35H44N4O4. The first-order chi connectivity index (χ1) is 20.4. The number of rotatable bonds is 10. The van der Waals surface area contributed by atoms with Crippen LogP contribution in [0.1, 0.15) is 98.4 Å². The van der Waals surface area contributed by atoms with Crippen LogP contribution in [-0.4, -0.2) is 47.5 Å². The van der Waals surface area contributed by atoms with E-state index in [9.17, 15) is 9.59 Å². The summed E-state index contributed by atoms with van der Waals surface area (Å²) in [5, 5.41) is 0. The van der Waals surface area contributed by atoms with Gasteiger partial charge in [-0.15, -0.1) is 0 Å². The summed E-state index contributed by atoms with van der Waals surface area (Å²) in [5.74, 6) is -0.448. The van der Waals surface area contributed by atoms with E-state index in [-0.39, 0.29) is 11.9 Å². The van der Waals surface area contributed by atoms with Gasteiger partial charge in [0.1, 0.15) is 0 Å². The summed E-state index contributed by atoms with van der Waals surface area (Å²) in [5.41, 5.74) is 17.5. The van der Waals surface area contributed by atoms with Crippen LogP contribution in [0, 0.1) is 27.7 Å². The standard InChI is InChI=1S/C35H44N4O4/c1-18-20(3)28(36-26(18)11-13-34(40)42-9)15-30-22(5)24(7)32(38-30)17-33-25(8)23(6)31(39-33)16-29-21(4)19(2)27(37-29)12-14-35(41)43-10/h15-16,38-39H,11-14,17H2,1-10H3/b28-15-,29-16+. The zero-order valence-electron chi connectivity index (χ0n) is 27.2. The third-order valence-electron chi connectivity index (χ3n) is 9.18. The van der Waals surface area contributed by atoms with Crippen LogP contribution in [0.4, 0.5) is 0 Å². The maximum Gasteiger partial charge on any atom is 0.305 e. The minimum absolute atomic E-state index is 0.224. The van der Waals surface area contributed by atoms with Gasteiger partial charge in [0.25, 0.3) is 0 Å². The summed E-state index contributed by atoms with van der Waals surface area (Å²) in [7, 11) is 2.82. The molecule has 228 valence electrons. The lowest BCUT2D eigenvalue weighted by Gasteiger charge is -2.01. The summed E-state index contributed by atoms with van der Waals surface area (Å²) in [6, 6.07) is 0. The molecule has 0 spiro atoms. The van der Waals surface area contributed by atoms with Gasteiger partial charge in [-0.2, -0.15) is 0 Å². The van der Waals surface area contributed by atoms with Crippen LogP contribution in [-0.2, 0) is 25.5 Å². The maximum absolute atomic E-state index is 11.7. The lowest BCUT2D eigenvalue weighted by molar-refractivity contribution is -0.141. The first kappa shape index (κ1) is 31.7. The van der Waals surface area contributed by atoms with E-state index < -0.39 is 0 Å². The van der Waals surface area contributed by atoms with Gasteiger partial charge >= 0.3 is 11.9 Å². The Morgan fingerprint density at radius 2 is 0.977 bits per heavy atom. The molecule has 43 heavy (non-hydrogen) atoms. The zero-order valence-corrected chi connectivity index (χ0v) is 27.2. The quantitative estimate of drug-likeness (QED) is 0.285. The van der Waals surface area contributed by atoms with Crippen molar-refractivity contribution in [3.8, 4) is 0 Å². The summed E-state index contributed by atoms with van der Waals surface area (Å²) in [4.78, 5) is 40.4. The summed E-state index contributed by atoms with van der Waals surface area (Å²) < 4.78 is 9.60. The van der Waals surface area contributed by atoms with Crippen molar-refractivity contribution in [2.24, 2.45) is 9.98 Å². The van der Waals surface area contributed by atoms with Gasteiger partial charge in [-0.3, -0.25) is 19.6 Å². The molecule has 0 unspecified atom stereocenters. The van der Waals surface area contributed by atoms with E-state index >= 15 is 0 Å². The highest BCUT2D eigenvalue weighted by Crippen LogP contribution is 2.33. The predicted octanol–water partition coefficient (Wildman–Crippen LogP) is 7.34. The molecular weight excluding hydrogens is 540 g/mol. The Kier molecular flexibility index (Phi) is 9.58. The number of carbonyl (C=O) groups is 2. The largest absolute Gasteiger partial charge is 0.469 e. The Hall–Kier alpha value is -4.20. The number of hydrogen-bond acceptors (Lipinski definition) is 6. The average Bonchev–Trinajstić information content (AvgIpc) is 3.62. The fourth-order valence-electron chi connectivity index (χ4n) is 5.51. The van der Waals surface area contributed by atoms with Crippen molar-refractivity contribution in [3.63, 3.8) is 0 Å². The second kappa shape index (κ2) is 13.0. The SMILES string of the molecule is COC(=O)CCC1=N/C(=C\c2[nH]c(Cc3[nH]c(/C=C4/N=C(CCC(=O)OC)C(C)=C4C)c(C)c3C)c(C)c2C)C(C)=C1C. The first-order valence-corrected chi connectivity index (χ1v) is 14.8. The molecule has 0 atom stereocenters. The molecule has 0 aromatic carbocycles. The molecule has 8 nitrogen and oxygen atoms in total. The van der Waals surface area contributed by atoms with Crippen LogP contribution in [0.2, 0.25) is 0 Å². The minimum Gasteiger partial charge on any atom is -0.469 e. The van der Waals surface area contributed by atoms with Crippen molar-refractivity contribution in [3.05, 3.63) is 78.7 Å². The molecule has 2 aromatic heterocycles. The molecule has 2 aliphatic rings. The van der Waals surface area contributed by atoms with Gasteiger partial charge < -0.3 is 19.4 Å². The molecule has 4 heterocycles. The molecule has 0 aliphatic carbocycles. The number of hydrogen-bond donors (Lipinski definition) is 2. The van der Waals surface area contributed by atoms with Crippen LogP contribution < -0.4 is 0 Å². The molecule has 4 rings (SSSR count). The van der Waals surface area contributed by atoms with Crippen molar-refractivity contribution in [1.29, 1.82) is 0 Å². The van der Waals surface area contributed by atoms with E-state index in [2.05, 4.69) is 77.5 Å². The topological polar surface area (TPSA) is 109 Å². The number of allylic oxidation sites excluding steroid dienone is 4. The Morgan fingerprint density at radius 1 is 0.605 bits per heavy atom. The number of esters is 2. The second-order valence-corrected chi connectivity index (χ2v) is 11.5. The van der Waals surface area contributed by atoms with E-state index in [4.69, 9.17) is 19.5 Å². The third-order valence-corrected chi connectivity index (χ3v) is 9.18. The molecule has 0 amide bonds. The lowest BCUT2D eigenvalue weighted by Crippen LogP contribution is -2.05. The van der Waals surface area contributed by atoms with Crippen LogP contribution in [0.25, 0.3) is 12.2 Å². The van der Waals surface area contributed by atoms with Gasteiger partial charge in [0.2, 0.25) is 0 Å². The summed E-state index contributed by atoms with van der Waals surface area (Å²) in [6.45, 7) is 16.9. The van der Waals surface area contributed by atoms with Crippen LogP contribution in [0.15, 0.2) is 43.7 Å². The van der Waals surface area contributed by atoms with Gasteiger partial charge in [0.15, 0.2) is 0 Å². The monoisotopic (exact) mass is 584 g/mol. The molecule has 0 fully saturated rings. The average molecular weight is 585 g/mol. The number of aromatic amines is 2. The fraction of sp³-hybridized carbons (Fsp3) is 0.429. The smallest absolute Gasteiger partial charge is 0.305 e. The number of methoxy groups -OCH3 is 2. The molecule has 2 N–H and O–H groups in total. The normalized spacial score (nSPS) is 17.0. The maximum atomic E-state index is 11.7. The number of nitrogens with one attached hydrogen (secondary N) is 2. The minimum atomic E-state index is -0.224.